The lowest BCUT2D eigenvalue weighted by molar-refractivity contribution is -0.167. The van der Waals surface area contributed by atoms with Crippen LogP contribution in [0.25, 0.3) is 0 Å². The first-order chi connectivity index (χ1) is 30.5. The monoisotopic (exact) mass is 863 g/mol. The van der Waals surface area contributed by atoms with Gasteiger partial charge in [0.2, 0.25) is 0 Å². The number of carbonyl (C=O) groups excluding carboxylic acids is 3. The number of allylic oxidation sites excluding steroid dienone is 14. The molecule has 354 valence electrons. The van der Waals surface area contributed by atoms with E-state index in [2.05, 4.69) is 87.6 Å². The largest absolute Gasteiger partial charge is 0.462 e. The van der Waals surface area contributed by atoms with Crippen LogP contribution in [0.1, 0.15) is 233 Å². The minimum atomic E-state index is -0.794. The molecule has 62 heavy (non-hydrogen) atoms. The molecule has 6 nitrogen and oxygen atoms in total. The number of rotatable bonds is 45. The molecule has 0 saturated carbocycles. The molecule has 0 heterocycles. The number of esters is 3. The third-order valence-electron chi connectivity index (χ3n) is 10.7. The van der Waals surface area contributed by atoms with Crippen molar-refractivity contribution in [3.05, 3.63) is 85.1 Å². The van der Waals surface area contributed by atoms with Crippen molar-refractivity contribution in [2.75, 3.05) is 13.2 Å². The van der Waals surface area contributed by atoms with Gasteiger partial charge in [-0.15, -0.1) is 0 Å². The van der Waals surface area contributed by atoms with E-state index in [1.807, 2.05) is 18.2 Å². The Morgan fingerprint density at radius 2 is 0.710 bits per heavy atom. The fraction of sp³-hybridized carbons (Fsp3) is 0.696. The van der Waals surface area contributed by atoms with Crippen LogP contribution in [-0.2, 0) is 28.6 Å². The Balaban J connectivity index is 4.45. The highest BCUT2D eigenvalue weighted by atomic mass is 16.6. The topological polar surface area (TPSA) is 78.9 Å². The first kappa shape index (κ1) is 58.6. The number of hydrogen-bond acceptors (Lipinski definition) is 6. The van der Waals surface area contributed by atoms with Crippen LogP contribution in [0.15, 0.2) is 85.1 Å². The van der Waals surface area contributed by atoms with Crippen molar-refractivity contribution in [3.8, 4) is 0 Å². The lowest BCUT2D eigenvalue weighted by Gasteiger charge is -2.18. The van der Waals surface area contributed by atoms with Gasteiger partial charge in [-0.3, -0.25) is 14.4 Å². The van der Waals surface area contributed by atoms with E-state index in [-0.39, 0.29) is 31.1 Å². The van der Waals surface area contributed by atoms with Crippen molar-refractivity contribution in [1.82, 2.24) is 0 Å². The van der Waals surface area contributed by atoms with Gasteiger partial charge in [0.05, 0.1) is 0 Å². The minimum absolute atomic E-state index is 0.0952. The van der Waals surface area contributed by atoms with Crippen LogP contribution < -0.4 is 0 Å². The second-order valence-electron chi connectivity index (χ2n) is 16.8. The van der Waals surface area contributed by atoms with Gasteiger partial charge in [-0.05, 0) is 70.6 Å². The van der Waals surface area contributed by atoms with Crippen LogP contribution in [0.4, 0.5) is 0 Å². The maximum Gasteiger partial charge on any atom is 0.306 e. The molecule has 0 N–H and O–H groups in total. The summed E-state index contributed by atoms with van der Waals surface area (Å²) in [5.41, 5.74) is 0. The molecule has 0 spiro atoms. The molecule has 0 saturated heterocycles. The van der Waals surface area contributed by atoms with Crippen molar-refractivity contribution in [1.29, 1.82) is 0 Å². The number of carbonyl (C=O) groups is 3. The highest BCUT2D eigenvalue weighted by Crippen LogP contribution is 2.15. The van der Waals surface area contributed by atoms with Crippen LogP contribution in [-0.4, -0.2) is 37.2 Å². The minimum Gasteiger partial charge on any atom is -0.462 e. The van der Waals surface area contributed by atoms with Crippen molar-refractivity contribution in [2.45, 2.75) is 239 Å². The van der Waals surface area contributed by atoms with E-state index in [4.69, 9.17) is 14.2 Å². The van der Waals surface area contributed by atoms with Crippen LogP contribution in [0.5, 0.6) is 0 Å². The predicted octanol–water partition coefficient (Wildman–Crippen LogP) is 16.8. The molecule has 0 aromatic rings. The van der Waals surface area contributed by atoms with Gasteiger partial charge in [-0.25, -0.2) is 0 Å². The highest BCUT2D eigenvalue weighted by molar-refractivity contribution is 5.71. The summed E-state index contributed by atoms with van der Waals surface area (Å²) in [5.74, 6) is -0.937. The Morgan fingerprint density at radius 1 is 0.355 bits per heavy atom. The van der Waals surface area contributed by atoms with Gasteiger partial charge in [-0.1, -0.05) is 228 Å². The van der Waals surface area contributed by atoms with E-state index < -0.39 is 6.10 Å². The Kier molecular flexibility index (Phi) is 47.5. The number of ether oxygens (including phenoxy) is 3. The van der Waals surface area contributed by atoms with Gasteiger partial charge in [0, 0.05) is 19.3 Å². The van der Waals surface area contributed by atoms with E-state index in [1.165, 1.54) is 77.0 Å². The summed E-state index contributed by atoms with van der Waals surface area (Å²) in [5, 5.41) is 0. The normalized spacial score (nSPS) is 12.8. The molecular weight excluding hydrogens is 769 g/mol. The average Bonchev–Trinajstić information content (AvgIpc) is 3.27. The fourth-order valence-electron chi connectivity index (χ4n) is 6.94. The van der Waals surface area contributed by atoms with Crippen molar-refractivity contribution < 1.29 is 28.6 Å². The zero-order valence-corrected chi connectivity index (χ0v) is 40.4. The Bertz CT molecular complexity index is 1220. The summed E-state index contributed by atoms with van der Waals surface area (Å²) in [6.07, 6.45) is 64.2. The molecule has 0 aliphatic heterocycles. The van der Waals surface area contributed by atoms with Gasteiger partial charge in [0.25, 0.3) is 0 Å². The summed E-state index contributed by atoms with van der Waals surface area (Å²) in [7, 11) is 0. The molecule has 1 unspecified atom stereocenters. The van der Waals surface area contributed by atoms with Gasteiger partial charge in [0.15, 0.2) is 6.10 Å². The third kappa shape index (κ3) is 47.6. The maximum atomic E-state index is 12.8. The Morgan fingerprint density at radius 3 is 1.18 bits per heavy atom. The second-order valence-corrected chi connectivity index (χ2v) is 16.8. The van der Waals surface area contributed by atoms with E-state index in [0.29, 0.717) is 19.3 Å². The average molecular weight is 863 g/mol. The molecule has 0 fully saturated rings. The zero-order valence-electron chi connectivity index (χ0n) is 40.4. The summed E-state index contributed by atoms with van der Waals surface area (Å²) in [6, 6.07) is 0. The second kappa shape index (κ2) is 50.2. The van der Waals surface area contributed by atoms with Crippen molar-refractivity contribution in [3.63, 3.8) is 0 Å². The smallest absolute Gasteiger partial charge is 0.306 e. The van der Waals surface area contributed by atoms with Gasteiger partial charge >= 0.3 is 17.9 Å². The molecule has 0 aromatic carbocycles. The third-order valence-corrected chi connectivity index (χ3v) is 10.7. The highest BCUT2D eigenvalue weighted by Gasteiger charge is 2.19. The SMILES string of the molecule is CC\C=C/C=C\C=C/C=C\CCCCCCCC(=O)OCC(COC(=O)CCCCCC/C=C\C/C=C\C/C=C\CC)OC(=O)CCCCCCCCCCCCCCCCC. The van der Waals surface area contributed by atoms with E-state index in [0.717, 1.165) is 116 Å². The Labute approximate surface area is 382 Å². The van der Waals surface area contributed by atoms with Crippen molar-refractivity contribution in [2.24, 2.45) is 0 Å². The van der Waals surface area contributed by atoms with Crippen LogP contribution in [0, 0.1) is 0 Å². The molecule has 6 heteroatoms. The fourth-order valence-corrected chi connectivity index (χ4v) is 6.94. The number of hydrogen-bond donors (Lipinski definition) is 0. The van der Waals surface area contributed by atoms with Crippen LogP contribution >= 0.6 is 0 Å². The summed E-state index contributed by atoms with van der Waals surface area (Å²) < 4.78 is 16.8. The molecular formula is C56H94O6. The van der Waals surface area contributed by atoms with Gasteiger partial charge < -0.3 is 14.2 Å². The maximum absolute atomic E-state index is 12.8. The molecule has 1 atom stereocenters. The van der Waals surface area contributed by atoms with Gasteiger partial charge in [0.1, 0.15) is 13.2 Å². The zero-order chi connectivity index (χ0) is 45.1. The lowest BCUT2D eigenvalue weighted by Crippen LogP contribution is -2.30. The molecule has 0 amide bonds. The van der Waals surface area contributed by atoms with Crippen molar-refractivity contribution >= 4 is 17.9 Å². The van der Waals surface area contributed by atoms with E-state index >= 15 is 0 Å². The predicted molar refractivity (Wildman–Crippen MR) is 265 cm³/mol. The first-order valence-electron chi connectivity index (χ1n) is 25.6. The van der Waals surface area contributed by atoms with Gasteiger partial charge in [-0.2, -0.15) is 0 Å². The lowest BCUT2D eigenvalue weighted by atomic mass is 10.0. The molecule has 0 aliphatic rings. The summed E-state index contributed by atoms with van der Waals surface area (Å²) in [6.45, 7) is 6.35. The summed E-state index contributed by atoms with van der Waals surface area (Å²) >= 11 is 0. The quantitative estimate of drug-likeness (QED) is 0.0199. The molecule has 0 aliphatic carbocycles. The standard InChI is InChI=1S/C56H94O6/c1-4-7-10-13-16-19-22-25-28-31-34-37-40-43-46-49-55(58)61-52-53(51-60-54(57)48-45-42-39-36-33-30-27-24-21-18-15-12-9-6-3)62-56(59)50-47-44-41-38-35-32-29-26-23-20-17-14-11-8-5-2/h7,9-10,12-13,16,18-19,21-22,25,27-28,30,53H,4-6,8,11,14-15,17,20,23-24,26,29,31-52H2,1-3H3/b10-7-,12-9-,16-13-,21-18-,22-19-,28-25-,30-27-. The molecule has 0 bridgehead atoms. The molecule has 0 radical (unpaired) electrons. The molecule has 0 aromatic heterocycles. The molecule has 0 rings (SSSR count). The number of unbranched alkanes of at least 4 members (excludes halogenated alkanes) is 23. The summed E-state index contributed by atoms with van der Waals surface area (Å²) in [4.78, 5) is 38.0. The van der Waals surface area contributed by atoms with Crippen LogP contribution in [0.2, 0.25) is 0 Å². The van der Waals surface area contributed by atoms with E-state index in [1.54, 1.807) is 0 Å². The first-order valence-corrected chi connectivity index (χ1v) is 25.6. The van der Waals surface area contributed by atoms with Crippen LogP contribution in [0.3, 0.4) is 0 Å². The van der Waals surface area contributed by atoms with E-state index in [9.17, 15) is 14.4 Å². The Hall–Kier alpha value is -3.41.